The van der Waals surface area contributed by atoms with Gasteiger partial charge in [0, 0.05) is 43.3 Å². The van der Waals surface area contributed by atoms with Crippen molar-refractivity contribution >= 4 is 15.9 Å². The summed E-state index contributed by atoms with van der Waals surface area (Å²) in [6, 6.07) is 10.3. The molecule has 0 N–H and O–H groups in total. The maximum absolute atomic E-state index is 13.6. The van der Waals surface area contributed by atoms with Crippen molar-refractivity contribution in [2.75, 3.05) is 26.2 Å². The van der Waals surface area contributed by atoms with E-state index in [0.29, 0.717) is 43.2 Å². The van der Waals surface area contributed by atoms with Crippen LogP contribution >= 0.6 is 0 Å². The summed E-state index contributed by atoms with van der Waals surface area (Å²) < 4.78 is 35.1. The summed E-state index contributed by atoms with van der Waals surface area (Å²) in [6.45, 7) is 12.9. The van der Waals surface area contributed by atoms with E-state index in [4.69, 9.17) is 4.52 Å². The van der Waals surface area contributed by atoms with Crippen molar-refractivity contribution in [2.45, 2.75) is 58.8 Å². The third-order valence-electron chi connectivity index (χ3n) is 6.76. The standard InChI is InChI=1S/C26H34N4O4S/c1-17(2)22-9-7-10-23(16-22)30-18(3)15-24(20(30)5)26(31)28-11-8-12-29(14-13-28)35(32,33)25-19(4)27-34-21(25)6/h7,9-10,15-17H,8,11-14H2,1-6H3. The van der Waals surface area contributed by atoms with Gasteiger partial charge in [-0.15, -0.1) is 0 Å². The lowest BCUT2D eigenvalue weighted by atomic mass is 10.0. The normalized spacial score (nSPS) is 15.6. The molecule has 1 saturated heterocycles. The second-order valence-corrected chi connectivity index (χ2v) is 11.4. The van der Waals surface area contributed by atoms with E-state index in [1.165, 1.54) is 9.87 Å². The first kappa shape index (κ1) is 25.2. The molecular weight excluding hydrogens is 464 g/mol. The number of carbonyl (C=O) groups excluding carboxylic acids is 1. The number of aromatic nitrogens is 2. The van der Waals surface area contributed by atoms with Crippen LogP contribution in [0.3, 0.4) is 0 Å². The van der Waals surface area contributed by atoms with Crippen LogP contribution in [-0.4, -0.2) is 59.4 Å². The van der Waals surface area contributed by atoms with Crippen molar-refractivity contribution < 1.29 is 17.7 Å². The highest BCUT2D eigenvalue weighted by molar-refractivity contribution is 7.89. The predicted octanol–water partition coefficient (Wildman–Crippen LogP) is 4.36. The smallest absolute Gasteiger partial charge is 0.255 e. The molecule has 8 nitrogen and oxygen atoms in total. The predicted molar refractivity (Wildman–Crippen MR) is 135 cm³/mol. The Balaban J connectivity index is 1.56. The molecule has 188 valence electrons. The second kappa shape index (κ2) is 9.62. The Labute approximate surface area is 207 Å². The number of amides is 1. The van der Waals surface area contributed by atoms with E-state index in [1.807, 2.05) is 26.0 Å². The Morgan fingerprint density at radius 2 is 1.77 bits per heavy atom. The summed E-state index contributed by atoms with van der Waals surface area (Å²) in [6.07, 6.45) is 0.559. The first-order chi connectivity index (χ1) is 16.5. The zero-order valence-electron chi connectivity index (χ0n) is 21.3. The summed E-state index contributed by atoms with van der Waals surface area (Å²) >= 11 is 0. The van der Waals surface area contributed by atoms with Crippen LogP contribution in [0.2, 0.25) is 0 Å². The summed E-state index contributed by atoms with van der Waals surface area (Å²) in [4.78, 5) is 15.5. The molecular formula is C26H34N4O4S. The number of nitrogens with zero attached hydrogens (tertiary/aromatic N) is 4. The molecule has 1 aliphatic heterocycles. The number of hydrogen-bond acceptors (Lipinski definition) is 5. The molecule has 1 amide bonds. The maximum atomic E-state index is 13.6. The third-order valence-corrected chi connectivity index (χ3v) is 8.91. The average molecular weight is 499 g/mol. The zero-order valence-corrected chi connectivity index (χ0v) is 22.1. The minimum atomic E-state index is -3.74. The highest BCUT2D eigenvalue weighted by Gasteiger charge is 2.33. The van der Waals surface area contributed by atoms with Crippen molar-refractivity contribution in [1.29, 1.82) is 0 Å². The van der Waals surface area contributed by atoms with Crippen LogP contribution < -0.4 is 0 Å². The molecule has 9 heteroatoms. The van der Waals surface area contributed by atoms with Crippen LogP contribution in [0.5, 0.6) is 0 Å². The molecule has 35 heavy (non-hydrogen) atoms. The molecule has 3 aromatic rings. The van der Waals surface area contributed by atoms with Crippen molar-refractivity contribution in [2.24, 2.45) is 0 Å². The van der Waals surface area contributed by atoms with Crippen molar-refractivity contribution in [3.05, 3.63) is 64.3 Å². The number of carbonyl (C=O) groups is 1. The monoisotopic (exact) mass is 498 g/mol. The lowest BCUT2D eigenvalue weighted by Gasteiger charge is -2.22. The van der Waals surface area contributed by atoms with E-state index >= 15 is 0 Å². The number of hydrogen-bond donors (Lipinski definition) is 0. The Kier molecular flexibility index (Phi) is 6.92. The first-order valence-electron chi connectivity index (χ1n) is 12.0. The van der Waals surface area contributed by atoms with Crippen molar-refractivity contribution in [3.8, 4) is 5.69 Å². The topological polar surface area (TPSA) is 88.7 Å². The van der Waals surface area contributed by atoms with Gasteiger partial charge in [0.05, 0.1) is 5.56 Å². The summed E-state index contributed by atoms with van der Waals surface area (Å²) in [7, 11) is -3.74. The molecule has 1 fully saturated rings. The van der Waals surface area contributed by atoms with E-state index < -0.39 is 10.0 Å². The molecule has 4 rings (SSSR count). The average Bonchev–Trinajstić information content (AvgIpc) is 3.17. The molecule has 0 aliphatic carbocycles. The number of aryl methyl sites for hydroxylation is 3. The SMILES string of the molecule is Cc1noc(C)c1S(=O)(=O)N1CCCN(C(=O)c2cc(C)n(-c3cccc(C(C)C)c3)c2C)CC1. The van der Waals surface area contributed by atoms with E-state index in [9.17, 15) is 13.2 Å². The first-order valence-corrected chi connectivity index (χ1v) is 13.5. The van der Waals surface area contributed by atoms with Crippen LogP contribution in [0.4, 0.5) is 0 Å². The van der Waals surface area contributed by atoms with Gasteiger partial charge in [-0.1, -0.05) is 31.1 Å². The van der Waals surface area contributed by atoms with E-state index in [0.717, 1.165) is 17.1 Å². The second-order valence-electron chi connectivity index (χ2n) is 9.57. The van der Waals surface area contributed by atoms with Gasteiger partial charge >= 0.3 is 0 Å². The Bertz CT molecular complexity index is 1330. The van der Waals surface area contributed by atoms with Gasteiger partial charge in [-0.05, 0) is 63.8 Å². The van der Waals surface area contributed by atoms with Crippen LogP contribution in [0.1, 0.15) is 64.9 Å². The minimum Gasteiger partial charge on any atom is -0.360 e. The fourth-order valence-electron chi connectivity index (χ4n) is 4.88. The number of benzene rings is 1. The number of rotatable bonds is 5. The minimum absolute atomic E-state index is 0.0686. The summed E-state index contributed by atoms with van der Waals surface area (Å²) in [5, 5.41) is 3.80. The molecule has 0 atom stereocenters. The summed E-state index contributed by atoms with van der Waals surface area (Å²) in [5.41, 5.74) is 5.17. The van der Waals surface area contributed by atoms with E-state index in [-0.39, 0.29) is 23.1 Å². The van der Waals surface area contributed by atoms with Gasteiger partial charge < -0.3 is 14.0 Å². The molecule has 2 aromatic heterocycles. The third kappa shape index (κ3) is 4.67. The van der Waals surface area contributed by atoms with Gasteiger partial charge in [-0.2, -0.15) is 4.31 Å². The molecule has 1 aromatic carbocycles. The van der Waals surface area contributed by atoms with Crippen LogP contribution in [-0.2, 0) is 10.0 Å². The van der Waals surface area contributed by atoms with Crippen molar-refractivity contribution in [3.63, 3.8) is 0 Å². The van der Waals surface area contributed by atoms with Crippen molar-refractivity contribution in [1.82, 2.24) is 18.9 Å². The number of sulfonamides is 1. The zero-order chi connectivity index (χ0) is 25.5. The van der Waals surface area contributed by atoms with E-state index in [2.05, 4.69) is 41.8 Å². The molecule has 0 bridgehead atoms. The van der Waals surface area contributed by atoms with Crippen LogP contribution in [0.15, 0.2) is 39.8 Å². The van der Waals surface area contributed by atoms with E-state index in [1.54, 1.807) is 18.7 Å². The van der Waals surface area contributed by atoms with Gasteiger partial charge in [0.15, 0.2) is 5.76 Å². The van der Waals surface area contributed by atoms with Crippen LogP contribution in [0.25, 0.3) is 5.69 Å². The lowest BCUT2D eigenvalue weighted by Crippen LogP contribution is -2.37. The fraction of sp³-hybridized carbons (Fsp3) is 0.462. The largest absolute Gasteiger partial charge is 0.360 e. The molecule has 0 unspecified atom stereocenters. The quantitative estimate of drug-likeness (QED) is 0.522. The van der Waals surface area contributed by atoms with Gasteiger partial charge in [0.1, 0.15) is 10.6 Å². The van der Waals surface area contributed by atoms with Gasteiger partial charge in [0.25, 0.3) is 5.91 Å². The molecule has 3 heterocycles. The Morgan fingerprint density at radius 1 is 1.03 bits per heavy atom. The highest BCUT2D eigenvalue weighted by atomic mass is 32.2. The lowest BCUT2D eigenvalue weighted by molar-refractivity contribution is 0.0763. The maximum Gasteiger partial charge on any atom is 0.255 e. The Morgan fingerprint density at radius 3 is 2.43 bits per heavy atom. The highest BCUT2D eigenvalue weighted by Crippen LogP contribution is 2.27. The molecule has 0 spiro atoms. The molecule has 1 aliphatic rings. The molecule has 0 saturated carbocycles. The van der Waals surface area contributed by atoms with Gasteiger partial charge in [-0.3, -0.25) is 4.79 Å². The fourth-order valence-corrected chi connectivity index (χ4v) is 6.64. The summed E-state index contributed by atoms with van der Waals surface area (Å²) in [5.74, 6) is 0.628. The van der Waals surface area contributed by atoms with Gasteiger partial charge in [-0.25, -0.2) is 8.42 Å². The molecule has 0 radical (unpaired) electrons. The van der Waals surface area contributed by atoms with Crippen LogP contribution in [0, 0.1) is 27.7 Å². The van der Waals surface area contributed by atoms with Gasteiger partial charge in [0.2, 0.25) is 10.0 Å². The Hall–Kier alpha value is -2.91.